The van der Waals surface area contributed by atoms with Gasteiger partial charge in [0.05, 0.1) is 0 Å². The van der Waals surface area contributed by atoms with E-state index in [-0.39, 0.29) is 36.5 Å². The van der Waals surface area contributed by atoms with Crippen LogP contribution in [0.2, 0.25) is 0 Å². The molecule has 0 aromatic heterocycles. The zero-order chi connectivity index (χ0) is 16.8. The summed E-state index contributed by atoms with van der Waals surface area (Å²) in [5.41, 5.74) is 10.9. The van der Waals surface area contributed by atoms with Gasteiger partial charge in [0.25, 0.3) is 0 Å². The van der Waals surface area contributed by atoms with Crippen LogP contribution in [0.15, 0.2) is 24.3 Å². The normalized spacial score (nSPS) is 24.7. The number of hydrogen-bond donors (Lipinski definition) is 4. The van der Waals surface area contributed by atoms with E-state index in [1.165, 1.54) is 0 Å². The van der Waals surface area contributed by atoms with Gasteiger partial charge in [-0.3, -0.25) is 14.9 Å². The molecule has 1 rings (SSSR count). The van der Waals surface area contributed by atoms with Gasteiger partial charge in [-0.2, -0.15) is 0 Å². The molecule has 1 aliphatic rings. The minimum absolute atomic E-state index is 0.0219. The molecule has 0 saturated heterocycles. The van der Waals surface area contributed by atoms with E-state index in [0.717, 1.165) is 6.42 Å². The van der Waals surface area contributed by atoms with Crippen molar-refractivity contribution in [1.29, 1.82) is 0 Å². The van der Waals surface area contributed by atoms with Gasteiger partial charge in [0.2, 0.25) is 0 Å². The first-order chi connectivity index (χ1) is 10.3. The molecular formula is C16H27N3O3. The Morgan fingerprint density at radius 3 is 2.36 bits per heavy atom. The van der Waals surface area contributed by atoms with Crippen LogP contribution in [-0.2, 0) is 9.59 Å². The Labute approximate surface area is 131 Å². The van der Waals surface area contributed by atoms with Crippen molar-refractivity contribution >= 4 is 11.8 Å². The zero-order valence-corrected chi connectivity index (χ0v) is 13.3. The van der Waals surface area contributed by atoms with E-state index in [0.29, 0.717) is 6.42 Å². The van der Waals surface area contributed by atoms with Crippen molar-refractivity contribution in [2.45, 2.75) is 44.3 Å². The molecule has 124 valence electrons. The number of carboxylic acid groups (broad SMARTS) is 1. The fourth-order valence-corrected chi connectivity index (χ4v) is 2.69. The number of likely N-dealkylation sites (N-methyl/N-ethyl adjacent to an activating group) is 1. The van der Waals surface area contributed by atoms with Crippen LogP contribution in [0.4, 0.5) is 0 Å². The van der Waals surface area contributed by atoms with Crippen LogP contribution in [0.5, 0.6) is 0 Å². The van der Waals surface area contributed by atoms with E-state index in [4.69, 9.17) is 16.6 Å². The van der Waals surface area contributed by atoms with Gasteiger partial charge in [-0.25, -0.2) is 0 Å². The van der Waals surface area contributed by atoms with Gasteiger partial charge in [0, 0.05) is 18.9 Å². The Balaban J connectivity index is 2.62. The average molecular weight is 309 g/mol. The van der Waals surface area contributed by atoms with Crippen molar-refractivity contribution in [3.63, 3.8) is 0 Å². The fraction of sp³-hybridized carbons (Fsp3) is 0.625. The number of carboxylic acids is 1. The molecule has 1 unspecified atom stereocenters. The lowest BCUT2D eigenvalue weighted by Gasteiger charge is -2.35. The van der Waals surface area contributed by atoms with E-state index >= 15 is 0 Å². The number of ketones is 1. The first kappa shape index (κ1) is 18.5. The molecule has 6 nitrogen and oxygen atoms in total. The van der Waals surface area contributed by atoms with Crippen molar-refractivity contribution in [2.75, 3.05) is 7.05 Å². The van der Waals surface area contributed by atoms with Crippen LogP contribution < -0.4 is 16.8 Å². The molecule has 0 heterocycles. The topological polar surface area (TPSA) is 118 Å². The van der Waals surface area contributed by atoms with Crippen molar-refractivity contribution in [2.24, 2.45) is 23.3 Å². The standard InChI is InChI=1S/C16H27N3O3/c1-11(10-12-6-8-13(17)9-7-12)16(18,19-2)14(20)4-3-5-15(21)22/h6-9,11-13,19H,3-5,10,17-18H2,1-2H3,(H,21,22)/t11?,12?,13?,16-/m0/s1. The van der Waals surface area contributed by atoms with Crippen LogP contribution >= 0.6 is 0 Å². The summed E-state index contributed by atoms with van der Waals surface area (Å²) in [5, 5.41) is 11.6. The SMILES string of the molecule is CN[C@](N)(C(=O)CCCC(=O)O)C(C)CC1C=CC(N)C=C1. The van der Waals surface area contributed by atoms with Crippen LogP contribution in [0.25, 0.3) is 0 Å². The first-order valence-electron chi connectivity index (χ1n) is 7.64. The van der Waals surface area contributed by atoms with Crippen molar-refractivity contribution in [3.8, 4) is 0 Å². The summed E-state index contributed by atoms with van der Waals surface area (Å²) in [6.07, 6.45) is 9.11. The van der Waals surface area contributed by atoms with Gasteiger partial charge in [-0.1, -0.05) is 31.2 Å². The largest absolute Gasteiger partial charge is 0.481 e. The number of rotatable bonds is 9. The van der Waals surface area contributed by atoms with E-state index < -0.39 is 11.6 Å². The van der Waals surface area contributed by atoms with Gasteiger partial charge in [0.15, 0.2) is 5.78 Å². The smallest absolute Gasteiger partial charge is 0.303 e. The van der Waals surface area contributed by atoms with Gasteiger partial charge in [0.1, 0.15) is 5.66 Å². The van der Waals surface area contributed by atoms with Crippen molar-refractivity contribution in [1.82, 2.24) is 5.32 Å². The van der Waals surface area contributed by atoms with Crippen molar-refractivity contribution < 1.29 is 14.7 Å². The molecule has 1 aliphatic carbocycles. The summed E-state index contributed by atoms with van der Waals surface area (Å²) in [4.78, 5) is 22.9. The summed E-state index contributed by atoms with van der Waals surface area (Å²) < 4.78 is 0. The molecule has 0 aromatic rings. The second-order valence-electron chi connectivity index (χ2n) is 5.94. The minimum atomic E-state index is -1.14. The number of Topliss-reactive ketones (excluding diaryl/α,β-unsaturated/α-hetero) is 1. The molecule has 0 fully saturated rings. The highest BCUT2D eigenvalue weighted by Crippen LogP contribution is 2.26. The number of aliphatic carboxylic acids is 1. The summed E-state index contributed by atoms with van der Waals surface area (Å²) in [5.74, 6) is -0.938. The number of nitrogens with one attached hydrogen (secondary N) is 1. The molecular weight excluding hydrogens is 282 g/mol. The molecule has 0 bridgehead atoms. The highest BCUT2D eigenvalue weighted by Gasteiger charge is 2.37. The molecule has 0 saturated carbocycles. The first-order valence-corrected chi connectivity index (χ1v) is 7.64. The van der Waals surface area contributed by atoms with Gasteiger partial charge >= 0.3 is 5.97 Å². The maximum atomic E-state index is 12.4. The number of hydrogen-bond acceptors (Lipinski definition) is 5. The lowest BCUT2D eigenvalue weighted by atomic mass is 9.81. The highest BCUT2D eigenvalue weighted by molar-refractivity contribution is 5.88. The second-order valence-corrected chi connectivity index (χ2v) is 5.94. The predicted octanol–water partition coefficient (Wildman–Crippen LogP) is 0.781. The Morgan fingerprint density at radius 1 is 1.27 bits per heavy atom. The Morgan fingerprint density at radius 2 is 1.86 bits per heavy atom. The second kappa shape index (κ2) is 8.22. The molecule has 0 radical (unpaired) electrons. The Hall–Kier alpha value is -1.50. The molecule has 0 amide bonds. The average Bonchev–Trinajstić information content (AvgIpc) is 2.48. The van der Waals surface area contributed by atoms with Gasteiger partial charge in [-0.15, -0.1) is 0 Å². The van der Waals surface area contributed by atoms with E-state index in [9.17, 15) is 9.59 Å². The third-order valence-corrected chi connectivity index (χ3v) is 4.23. The van der Waals surface area contributed by atoms with Gasteiger partial charge < -0.3 is 16.6 Å². The predicted molar refractivity (Wildman–Crippen MR) is 86.0 cm³/mol. The summed E-state index contributed by atoms with van der Waals surface area (Å²) >= 11 is 0. The number of carbonyl (C=O) groups excluding carboxylic acids is 1. The van der Waals surface area contributed by atoms with Gasteiger partial charge in [-0.05, 0) is 31.7 Å². The van der Waals surface area contributed by atoms with E-state index in [2.05, 4.69) is 5.32 Å². The van der Waals surface area contributed by atoms with Crippen LogP contribution in [-0.4, -0.2) is 35.6 Å². The summed E-state index contributed by atoms with van der Waals surface area (Å²) in [6.45, 7) is 1.93. The maximum absolute atomic E-state index is 12.4. The number of nitrogens with two attached hydrogens (primary N) is 2. The van der Waals surface area contributed by atoms with Crippen LogP contribution in [0.1, 0.15) is 32.6 Å². The molecule has 6 N–H and O–H groups in total. The third-order valence-electron chi connectivity index (χ3n) is 4.23. The van der Waals surface area contributed by atoms with E-state index in [1.54, 1.807) is 7.05 Å². The maximum Gasteiger partial charge on any atom is 0.303 e. The van der Waals surface area contributed by atoms with Crippen LogP contribution in [0.3, 0.4) is 0 Å². The fourth-order valence-electron chi connectivity index (χ4n) is 2.69. The summed E-state index contributed by atoms with van der Waals surface area (Å²) in [6, 6.07) is -0.0452. The molecule has 0 spiro atoms. The lowest BCUT2D eigenvalue weighted by molar-refractivity contribution is -0.137. The Kier molecular flexibility index (Phi) is 6.93. The Bertz CT molecular complexity index is 448. The van der Waals surface area contributed by atoms with Crippen molar-refractivity contribution in [3.05, 3.63) is 24.3 Å². The molecule has 0 aromatic carbocycles. The number of carbonyl (C=O) groups is 2. The van der Waals surface area contributed by atoms with Crippen LogP contribution in [0, 0.1) is 11.8 Å². The molecule has 0 aliphatic heterocycles. The third kappa shape index (κ3) is 5.05. The quantitative estimate of drug-likeness (QED) is 0.369. The minimum Gasteiger partial charge on any atom is -0.481 e. The number of allylic oxidation sites excluding steroid dienone is 2. The lowest BCUT2D eigenvalue weighted by Crippen LogP contribution is -2.62. The van der Waals surface area contributed by atoms with E-state index in [1.807, 2.05) is 31.2 Å². The highest BCUT2D eigenvalue weighted by atomic mass is 16.4. The molecule has 22 heavy (non-hydrogen) atoms. The molecule has 6 heteroatoms. The zero-order valence-electron chi connectivity index (χ0n) is 13.3. The summed E-state index contributed by atoms with van der Waals surface area (Å²) in [7, 11) is 1.66. The molecule has 2 atom stereocenters. The monoisotopic (exact) mass is 309 g/mol.